The SMILES string of the molecule is Cc1ccc(C(=O)Nc2ccc(C(=O)N3CCC(c4ccc(C(C)(O)C(=N)c5c(C)cccc5F)s4)=Cc4ccccc43)cc2)c(C2=CCC3(CCOCC3)C2)n1. The summed E-state index contributed by atoms with van der Waals surface area (Å²) in [6, 6.07) is 26.8. The van der Waals surface area contributed by atoms with Gasteiger partial charge in [0.2, 0.25) is 0 Å². The van der Waals surface area contributed by atoms with Crippen LogP contribution in [0.4, 0.5) is 15.8 Å². The van der Waals surface area contributed by atoms with E-state index in [0.717, 1.165) is 77.6 Å². The van der Waals surface area contributed by atoms with Crippen molar-refractivity contribution in [2.45, 2.75) is 58.5 Å². The molecule has 1 spiro atoms. The molecule has 8 rings (SSSR count). The van der Waals surface area contributed by atoms with Crippen LogP contribution in [0.5, 0.6) is 0 Å². The Labute approximate surface area is 336 Å². The van der Waals surface area contributed by atoms with Gasteiger partial charge in [0.15, 0.2) is 0 Å². The summed E-state index contributed by atoms with van der Waals surface area (Å²) in [7, 11) is 0. The number of benzene rings is 3. The van der Waals surface area contributed by atoms with Crippen molar-refractivity contribution >= 4 is 57.5 Å². The molecule has 3 aromatic carbocycles. The van der Waals surface area contributed by atoms with Crippen molar-refractivity contribution in [1.82, 2.24) is 4.98 Å². The lowest BCUT2D eigenvalue weighted by atomic mass is 9.77. The quantitative estimate of drug-likeness (QED) is 0.136. The normalized spacial score (nSPS) is 17.2. The molecular weight excluding hydrogens is 736 g/mol. The number of para-hydroxylation sites is 1. The van der Waals surface area contributed by atoms with E-state index in [0.29, 0.717) is 40.2 Å². The van der Waals surface area contributed by atoms with E-state index in [1.54, 1.807) is 54.3 Å². The van der Waals surface area contributed by atoms with Gasteiger partial charge in [-0.05, 0) is 147 Å². The predicted octanol–water partition coefficient (Wildman–Crippen LogP) is 9.99. The van der Waals surface area contributed by atoms with E-state index in [1.165, 1.54) is 24.3 Å². The third-order valence-corrected chi connectivity index (χ3v) is 13.0. The summed E-state index contributed by atoms with van der Waals surface area (Å²) in [5.74, 6) is -0.958. The van der Waals surface area contributed by atoms with E-state index < -0.39 is 11.4 Å². The predicted molar refractivity (Wildman–Crippen MR) is 226 cm³/mol. The Morgan fingerprint density at radius 2 is 1.74 bits per heavy atom. The monoisotopic (exact) mass is 780 g/mol. The zero-order chi connectivity index (χ0) is 39.9. The van der Waals surface area contributed by atoms with E-state index in [-0.39, 0.29) is 28.5 Å². The van der Waals surface area contributed by atoms with Gasteiger partial charge in [0.05, 0.1) is 22.7 Å². The first-order chi connectivity index (χ1) is 27.4. The molecule has 3 N–H and O–H groups in total. The Kier molecular flexibility index (Phi) is 10.4. The third kappa shape index (κ3) is 7.53. The fraction of sp³-hybridized carbons (Fsp3) is 0.277. The third-order valence-electron chi connectivity index (χ3n) is 11.6. The molecular formula is C47H45FN4O4S. The summed E-state index contributed by atoms with van der Waals surface area (Å²) in [4.78, 5) is 35.9. The fourth-order valence-corrected chi connectivity index (χ4v) is 9.35. The number of allylic oxidation sites excluding steroid dienone is 2. The average Bonchev–Trinajstić information content (AvgIpc) is 3.82. The Morgan fingerprint density at radius 1 is 0.965 bits per heavy atom. The van der Waals surface area contributed by atoms with Gasteiger partial charge in [0.1, 0.15) is 11.4 Å². The van der Waals surface area contributed by atoms with Crippen LogP contribution in [0.3, 0.4) is 0 Å². The molecule has 10 heteroatoms. The van der Waals surface area contributed by atoms with Gasteiger partial charge in [-0.1, -0.05) is 36.4 Å². The van der Waals surface area contributed by atoms with Crippen molar-refractivity contribution in [2.75, 3.05) is 30.0 Å². The molecule has 4 heterocycles. The van der Waals surface area contributed by atoms with Gasteiger partial charge in [-0.15, -0.1) is 11.3 Å². The largest absolute Gasteiger partial charge is 0.381 e. The number of hydrogen-bond acceptors (Lipinski definition) is 7. The number of hydrogen-bond donors (Lipinski definition) is 3. The van der Waals surface area contributed by atoms with Gasteiger partial charge in [0.25, 0.3) is 11.8 Å². The molecule has 1 atom stereocenters. The average molecular weight is 781 g/mol. The minimum absolute atomic E-state index is 0.100. The number of aliphatic hydroxyl groups is 1. The maximum atomic E-state index is 14.8. The minimum atomic E-state index is -1.71. The molecule has 2 amide bonds. The van der Waals surface area contributed by atoms with E-state index in [4.69, 9.17) is 15.1 Å². The molecule has 0 saturated carbocycles. The number of ether oxygens (including phenoxy) is 1. The van der Waals surface area contributed by atoms with Crippen LogP contribution in [-0.4, -0.2) is 47.4 Å². The highest BCUT2D eigenvalue weighted by molar-refractivity contribution is 7.13. The van der Waals surface area contributed by atoms with Gasteiger partial charge < -0.3 is 25.5 Å². The molecule has 290 valence electrons. The van der Waals surface area contributed by atoms with Gasteiger partial charge in [-0.3, -0.25) is 14.6 Å². The Morgan fingerprint density at radius 3 is 2.51 bits per heavy atom. The summed E-state index contributed by atoms with van der Waals surface area (Å²) in [5.41, 5.74) is 5.89. The first-order valence-electron chi connectivity index (χ1n) is 19.4. The van der Waals surface area contributed by atoms with Gasteiger partial charge in [-0.25, -0.2) is 4.39 Å². The zero-order valence-corrected chi connectivity index (χ0v) is 33.1. The maximum absolute atomic E-state index is 14.8. The lowest BCUT2D eigenvalue weighted by molar-refractivity contribution is 0.0217. The first-order valence-corrected chi connectivity index (χ1v) is 20.2. The van der Waals surface area contributed by atoms with Crippen LogP contribution in [0, 0.1) is 30.5 Å². The number of nitrogens with zero attached hydrogens (tertiary/aromatic N) is 2. The fourth-order valence-electron chi connectivity index (χ4n) is 8.25. The Bertz CT molecular complexity index is 2440. The number of amides is 2. The molecule has 0 radical (unpaired) electrons. The van der Waals surface area contributed by atoms with Crippen molar-refractivity contribution < 1.29 is 23.8 Å². The first kappa shape index (κ1) is 38.3. The lowest BCUT2D eigenvalue weighted by Gasteiger charge is -2.33. The number of aromatic nitrogens is 1. The Balaban J connectivity index is 0.973. The summed E-state index contributed by atoms with van der Waals surface area (Å²) in [6.45, 7) is 7.14. The van der Waals surface area contributed by atoms with Crippen LogP contribution < -0.4 is 10.2 Å². The van der Waals surface area contributed by atoms with Crippen molar-refractivity contribution in [2.24, 2.45) is 5.41 Å². The second kappa shape index (κ2) is 15.4. The van der Waals surface area contributed by atoms with Crippen molar-refractivity contribution in [1.29, 1.82) is 5.41 Å². The topological polar surface area (TPSA) is 116 Å². The highest BCUT2D eigenvalue weighted by Crippen LogP contribution is 2.48. The number of carbonyl (C=O) groups is 2. The van der Waals surface area contributed by atoms with E-state index in [9.17, 15) is 19.1 Å². The number of anilines is 2. The molecule has 57 heavy (non-hydrogen) atoms. The summed E-state index contributed by atoms with van der Waals surface area (Å²) in [6.07, 6.45) is 8.74. The molecule has 8 nitrogen and oxygen atoms in total. The minimum Gasteiger partial charge on any atom is -0.381 e. The number of nitrogens with one attached hydrogen (secondary N) is 2. The van der Waals surface area contributed by atoms with E-state index in [1.807, 2.05) is 49.4 Å². The molecule has 2 aliphatic heterocycles. The molecule has 0 bridgehead atoms. The van der Waals surface area contributed by atoms with Gasteiger partial charge in [0, 0.05) is 52.0 Å². The number of fused-ring (bicyclic) bond motifs is 1. The van der Waals surface area contributed by atoms with Crippen molar-refractivity contribution in [3.8, 4) is 0 Å². The Hall–Kier alpha value is -5.55. The number of halogens is 1. The van der Waals surface area contributed by atoms with Crippen LogP contribution in [0.25, 0.3) is 17.2 Å². The molecule has 1 fully saturated rings. The molecule has 5 aromatic rings. The molecule has 1 aliphatic carbocycles. The number of aryl methyl sites for hydroxylation is 2. The maximum Gasteiger partial charge on any atom is 0.258 e. The second-order valence-electron chi connectivity index (χ2n) is 15.6. The molecule has 1 unspecified atom stereocenters. The molecule has 2 aromatic heterocycles. The highest BCUT2D eigenvalue weighted by atomic mass is 32.1. The standard InChI is InChI=1S/C47H45FN4O4S/c1-29-7-6-9-37(48)41(29)43(49)46(3,55)40-18-17-39(57-40)33-20-24-52(38-10-5-4-8-32(38)27-33)45(54)31-12-14-35(15-13-31)51-44(53)36-16-11-30(2)50-42(36)34-19-21-47(28-34)22-25-56-26-23-47/h4-19,27,49,55H,20-26,28H2,1-3H3,(H,51,53). The van der Waals surface area contributed by atoms with Crippen LogP contribution in [0.1, 0.15) is 97.6 Å². The zero-order valence-electron chi connectivity index (χ0n) is 32.3. The number of rotatable bonds is 8. The number of carbonyl (C=O) groups excluding carboxylic acids is 2. The van der Waals surface area contributed by atoms with E-state index >= 15 is 0 Å². The van der Waals surface area contributed by atoms with Crippen LogP contribution in [0.2, 0.25) is 0 Å². The number of pyridine rings is 1. The smallest absolute Gasteiger partial charge is 0.258 e. The highest BCUT2D eigenvalue weighted by Gasteiger charge is 2.38. The number of thiophene rings is 1. The van der Waals surface area contributed by atoms with E-state index in [2.05, 4.69) is 17.5 Å². The van der Waals surface area contributed by atoms with Crippen LogP contribution >= 0.6 is 11.3 Å². The van der Waals surface area contributed by atoms with Crippen molar-refractivity contribution in [3.63, 3.8) is 0 Å². The lowest BCUT2D eigenvalue weighted by Crippen LogP contribution is -2.32. The summed E-state index contributed by atoms with van der Waals surface area (Å²) >= 11 is 1.36. The molecule has 3 aliphatic rings. The van der Waals surface area contributed by atoms with Crippen LogP contribution in [-0.2, 0) is 10.3 Å². The van der Waals surface area contributed by atoms with Crippen LogP contribution in [0.15, 0.2) is 97.1 Å². The van der Waals surface area contributed by atoms with Gasteiger partial charge in [-0.2, -0.15) is 0 Å². The van der Waals surface area contributed by atoms with Gasteiger partial charge >= 0.3 is 0 Å². The molecule has 1 saturated heterocycles. The van der Waals surface area contributed by atoms with Crippen molar-refractivity contribution in [3.05, 3.63) is 152 Å². The summed E-state index contributed by atoms with van der Waals surface area (Å²) in [5, 5.41) is 23.4. The summed E-state index contributed by atoms with van der Waals surface area (Å²) < 4.78 is 20.4. The second-order valence-corrected chi connectivity index (χ2v) is 16.7.